The van der Waals surface area contributed by atoms with Gasteiger partial charge in [-0.05, 0) is 0 Å². The van der Waals surface area contributed by atoms with Gasteiger partial charge in [-0.25, -0.2) is 9.78 Å². The Balaban J connectivity index is 0.000000168. The zero-order chi connectivity index (χ0) is 12.2. The van der Waals surface area contributed by atoms with Crippen LogP contribution in [0.2, 0.25) is 0 Å². The van der Waals surface area contributed by atoms with E-state index in [2.05, 4.69) is 10.3 Å². The molecule has 0 amide bonds. The minimum absolute atomic E-state index is 0.867. The van der Waals surface area contributed by atoms with Crippen molar-refractivity contribution in [1.82, 2.24) is 10.3 Å². The second-order valence-electron chi connectivity index (χ2n) is 2.95. The number of rotatable bonds is 0. The highest BCUT2D eigenvalue weighted by Gasteiger charge is 2.38. The fourth-order valence-corrected chi connectivity index (χ4v) is 1.05. The molecule has 2 rings (SSSR count). The molecule has 8 heteroatoms. The topological polar surface area (TPSA) is 75.4 Å². The highest BCUT2D eigenvalue weighted by Crippen LogP contribution is 2.13. The molecule has 16 heavy (non-hydrogen) atoms. The minimum Gasteiger partial charge on any atom is -0.475 e. The van der Waals surface area contributed by atoms with E-state index in [9.17, 15) is 13.2 Å². The van der Waals surface area contributed by atoms with E-state index in [4.69, 9.17) is 14.3 Å². The van der Waals surface area contributed by atoms with Crippen molar-refractivity contribution in [3.05, 3.63) is 17.8 Å². The van der Waals surface area contributed by atoms with Crippen LogP contribution in [0.4, 0.5) is 13.2 Å². The van der Waals surface area contributed by atoms with Crippen molar-refractivity contribution < 1.29 is 27.5 Å². The lowest BCUT2D eigenvalue weighted by Gasteiger charge is -2.08. The summed E-state index contributed by atoms with van der Waals surface area (Å²) in [4.78, 5) is 12.9. The number of carboxylic acid groups (broad SMARTS) is 1. The predicted octanol–water partition coefficient (Wildman–Crippen LogP) is 0.954. The van der Waals surface area contributed by atoms with Gasteiger partial charge in [-0.1, -0.05) is 0 Å². The normalized spacial score (nSPS) is 14.7. The molecular formula is C8H9F3N2O3. The van der Waals surface area contributed by atoms with Crippen LogP contribution in [0, 0.1) is 0 Å². The summed E-state index contributed by atoms with van der Waals surface area (Å²) >= 11 is 0. The van der Waals surface area contributed by atoms with Crippen molar-refractivity contribution in [2.24, 2.45) is 0 Å². The quantitative estimate of drug-likeness (QED) is 0.703. The van der Waals surface area contributed by atoms with Gasteiger partial charge in [-0.3, -0.25) is 0 Å². The minimum atomic E-state index is -5.08. The van der Waals surface area contributed by atoms with Gasteiger partial charge in [0.1, 0.15) is 5.76 Å². The number of hydrogen-bond donors (Lipinski definition) is 2. The molecule has 0 bridgehead atoms. The highest BCUT2D eigenvalue weighted by molar-refractivity contribution is 5.73. The number of hydrogen-bond acceptors (Lipinski definition) is 4. The number of carbonyl (C=O) groups is 1. The van der Waals surface area contributed by atoms with Gasteiger partial charge in [0, 0.05) is 19.5 Å². The van der Waals surface area contributed by atoms with Gasteiger partial charge in [0.05, 0.1) is 5.69 Å². The first kappa shape index (κ1) is 12.5. The van der Waals surface area contributed by atoms with Crippen molar-refractivity contribution in [2.75, 3.05) is 6.54 Å². The fourth-order valence-electron chi connectivity index (χ4n) is 1.05. The van der Waals surface area contributed by atoms with Crippen LogP contribution >= 0.6 is 0 Å². The number of alkyl halides is 3. The number of halogens is 3. The average Bonchev–Trinajstić information content (AvgIpc) is 2.64. The zero-order valence-electron chi connectivity index (χ0n) is 8.04. The average molecular weight is 238 g/mol. The molecule has 0 radical (unpaired) electrons. The monoisotopic (exact) mass is 238 g/mol. The van der Waals surface area contributed by atoms with E-state index in [0.29, 0.717) is 0 Å². The predicted molar refractivity (Wildman–Crippen MR) is 45.6 cm³/mol. The molecule has 2 N–H and O–H groups in total. The summed E-state index contributed by atoms with van der Waals surface area (Å²) in [7, 11) is 0. The Morgan fingerprint density at radius 2 is 2.19 bits per heavy atom. The van der Waals surface area contributed by atoms with Gasteiger partial charge in [0.15, 0.2) is 6.39 Å². The molecule has 1 aromatic rings. The van der Waals surface area contributed by atoms with Crippen LogP contribution in [0.1, 0.15) is 11.5 Å². The zero-order valence-corrected chi connectivity index (χ0v) is 8.04. The molecule has 0 fully saturated rings. The van der Waals surface area contributed by atoms with Crippen molar-refractivity contribution in [1.29, 1.82) is 0 Å². The first-order chi connectivity index (χ1) is 7.41. The number of nitrogens with one attached hydrogen (secondary N) is 1. The molecule has 0 aliphatic carbocycles. The van der Waals surface area contributed by atoms with Crippen LogP contribution in [0.3, 0.4) is 0 Å². The summed E-state index contributed by atoms with van der Waals surface area (Å²) in [5.41, 5.74) is 1.07. The first-order valence-electron chi connectivity index (χ1n) is 4.33. The van der Waals surface area contributed by atoms with Gasteiger partial charge >= 0.3 is 12.1 Å². The molecule has 1 aromatic heterocycles. The summed E-state index contributed by atoms with van der Waals surface area (Å²) in [6, 6.07) is 0. The number of fused-ring (bicyclic) bond motifs is 1. The Kier molecular flexibility index (Phi) is 3.88. The van der Waals surface area contributed by atoms with Gasteiger partial charge in [-0.15, -0.1) is 0 Å². The molecule has 0 aromatic carbocycles. The number of oxazole rings is 1. The standard InChI is InChI=1S/C6H8N2O.C2HF3O2/c1-2-7-3-5-6(1)9-4-8-5;3-2(4,5)1(6)7/h4,7H,1-3H2;(H,6,7). The molecular weight excluding hydrogens is 229 g/mol. The van der Waals surface area contributed by atoms with E-state index >= 15 is 0 Å². The van der Waals surface area contributed by atoms with E-state index < -0.39 is 12.1 Å². The molecule has 0 unspecified atom stereocenters. The second kappa shape index (κ2) is 4.97. The molecule has 0 saturated carbocycles. The molecule has 1 aliphatic heterocycles. The Bertz CT molecular complexity index is 341. The summed E-state index contributed by atoms with van der Waals surface area (Å²) in [5, 5.41) is 10.3. The van der Waals surface area contributed by atoms with Gasteiger partial charge in [0.25, 0.3) is 0 Å². The van der Waals surface area contributed by atoms with Crippen LogP contribution in [0.15, 0.2) is 10.8 Å². The van der Waals surface area contributed by atoms with Gasteiger partial charge < -0.3 is 14.8 Å². The maximum absolute atomic E-state index is 10.6. The van der Waals surface area contributed by atoms with E-state index in [1.54, 1.807) is 0 Å². The Morgan fingerprint density at radius 1 is 1.56 bits per heavy atom. The third-order valence-corrected chi connectivity index (χ3v) is 1.79. The lowest BCUT2D eigenvalue weighted by molar-refractivity contribution is -0.192. The van der Waals surface area contributed by atoms with E-state index in [1.807, 2.05) is 0 Å². The van der Waals surface area contributed by atoms with E-state index in [-0.39, 0.29) is 0 Å². The van der Waals surface area contributed by atoms with Crippen molar-refractivity contribution in [3.63, 3.8) is 0 Å². The van der Waals surface area contributed by atoms with Crippen molar-refractivity contribution >= 4 is 5.97 Å². The summed E-state index contributed by atoms with van der Waals surface area (Å²) in [6.07, 6.45) is -2.59. The first-order valence-corrected chi connectivity index (χ1v) is 4.33. The van der Waals surface area contributed by atoms with Crippen LogP contribution in [-0.4, -0.2) is 28.8 Å². The summed E-state index contributed by atoms with van der Waals surface area (Å²) < 4.78 is 36.8. The smallest absolute Gasteiger partial charge is 0.475 e. The molecule has 90 valence electrons. The number of aliphatic carboxylic acids is 1. The third kappa shape index (κ3) is 3.54. The molecule has 1 aliphatic rings. The molecule has 0 atom stereocenters. The molecule has 0 spiro atoms. The molecule has 5 nitrogen and oxygen atoms in total. The third-order valence-electron chi connectivity index (χ3n) is 1.79. The maximum atomic E-state index is 10.6. The Labute approximate surface area is 88.3 Å². The van der Waals surface area contributed by atoms with Crippen molar-refractivity contribution in [2.45, 2.75) is 19.1 Å². The Morgan fingerprint density at radius 3 is 2.69 bits per heavy atom. The van der Waals surface area contributed by atoms with E-state index in [0.717, 1.165) is 31.0 Å². The Hall–Kier alpha value is -1.57. The van der Waals surface area contributed by atoms with Crippen LogP contribution in [0.25, 0.3) is 0 Å². The van der Waals surface area contributed by atoms with Gasteiger partial charge in [-0.2, -0.15) is 13.2 Å². The lowest BCUT2D eigenvalue weighted by Crippen LogP contribution is -2.22. The molecule has 2 heterocycles. The van der Waals surface area contributed by atoms with Crippen molar-refractivity contribution in [3.8, 4) is 0 Å². The summed E-state index contributed by atoms with van der Waals surface area (Å²) in [6.45, 7) is 1.88. The number of nitrogens with zero attached hydrogens (tertiary/aromatic N) is 1. The molecule has 0 saturated heterocycles. The van der Waals surface area contributed by atoms with Crippen LogP contribution in [-0.2, 0) is 17.8 Å². The van der Waals surface area contributed by atoms with E-state index in [1.165, 1.54) is 6.39 Å². The van der Waals surface area contributed by atoms with Crippen LogP contribution < -0.4 is 5.32 Å². The number of aromatic nitrogens is 1. The largest absolute Gasteiger partial charge is 0.490 e. The number of carboxylic acids is 1. The summed E-state index contributed by atoms with van der Waals surface area (Å²) in [5.74, 6) is -1.71. The second-order valence-corrected chi connectivity index (χ2v) is 2.95. The van der Waals surface area contributed by atoms with Crippen LogP contribution in [0.5, 0.6) is 0 Å². The SMILES string of the molecule is O=C(O)C(F)(F)F.c1nc2c(o1)CCNC2. The maximum Gasteiger partial charge on any atom is 0.490 e. The highest BCUT2D eigenvalue weighted by atomic mass is 19.4. The lowest BCUT2D eigenvalue weighted by atomic mass is 10.2. The fraction of sp³-hybridized carbons (Fsp3) is 0.500. The van der Waals surface area contributed by atoms with Gasteiger partial charge in [0.2, 0.25) is 0 Å².